The molecule has 28 heavy (non-hydrogen) atoms. The van der Waals surface area contributed by atoms with Gasteiger partial charge in [0.25, 0.3) is 0 Å². The average molecular weight is 399 g/mol. The standard InChI is InChI=1S/C19H21F4N3O2/c1-18(2,3)28-17(27)25-14-10-26(9-13(14)20)15-7-6-12(19(21,22)23)16-11(15)5-4-8-24-16/h4-8,13-14H,9-10H2,1-3H3,(H,25,27)/t13-,14+/m1/s1. The second kappa shape index (κ2) is 7.10. The van der Waals surface area contributed by atoms with Gasteiger partial charge in [0.1, 0.15) is 11.8 Å². The lowest BCUT2D eigenvalue weighted by molar-refractivity contribution is -0.136. The molecule has 9 heteroatoms. The molecule has 1 aliphatic rings. The van der Waals surface area contributed by atoms with Gasteiger partial charge < -0.3 is 15.0 Å². The molecular formula is C19H21F4N3O2. The molecule has 0 spiro atoms. The van der Waals surface area contributed by atoms with Crippen LogP contribution >= 0.6 is 0 Å². The monoisotopic (exact) mass is 399 g/mol. The number of aromatic nitrogens is 1. The van der Waals surface area contributed by atoms with Crippen LogP contribution in [-0.2, 0) is 10.9 Å². The van der Waals surface area contributed by atoms with Crippen molar-refractivity contribution in [1.29, 1.82) is 0 Å². The van der Waals surface area contributed by atoms with Crippen LogP contribution in [0.3, 0.4) is 0 Å². The molecule has 0 aliphatic carbocycles. The zero-order valence-electron chi connectivity index (χ0n) is 15.7. The molecule has 3 rings (SSSR count). The third-order valence-electron chi connectivity index (χ3n) is 4.34. The van der Waals surface area contributed by atoms with Gasteiger partial charge in [0.2, 0.25) is 0 Å². The molecule has 1 aromatic heterocycles. The molecule has 2 atom stereocenters. The summed E-state index contributed by atoms with van der Waals surface area (Å²) in [7, 11) is 0. The molecular weight excluding hydrogens is 378 g/mol. The van der Waals surface area contributed by atoms with Crippen molar-refractivity contribution in [2.75, 3.05) is 18.0 Å². The molecule has 1 N–H and O–H groups in total. The number of nitrogens with zero attached hydrogens (tertiary/aromatic N) is 2. The van der Waals surface area contributed by atoms with Gasteiger partial charge in [0.15, 0.2) is 0 Å². The second-order valence-corrected chi connectivity index (χ2v) is 7.70. The van der Waals surface area contributed by atoms with Gasteiger partial charge in [0.05, 0.1) is 23.7 Å². The van der Waals surface area contributed by atoms with Crippen LogP contribution in [0.1, 0.15) is 26.3 Å². The molecule has 0 bridgehead atoms. The summed E-state index contributed by atoms with van der Waals surface area (Å²) in [6.45, 7) is 5.14. The zero-order valence-corrected chi connectivity index (χ0v) is 15.7. The van der Waals surface area contributed by atoms with E-state index in [1.54, 1.807) is 25.7 Å². The number of alkyl carbamates (subject to hydrolysis) is 1. The van der Waals surface area contributed by atoms with Crippen molar-refractivity contribution >= 4 is 22.7 Å². The third-order valence-corrected chi connectivity index (χ3v) is 4.34. The maximum absolute atomic E-state index is 14.5. The van der Waals surface area contributed by atoms with Crippen LogP contribution in [-0.4, -0.2) is 42.0 Å². The maximum atomic E-state index is 14.5. The van der Waals surface area contributed by atoms with Crippen molar-refractivity contribution < 1.29 is 27.1 Å². The molecule has 1 amide bonds. The van der Waals surface area contributed by atoms with Gasteiger partial charge >= 0.3 is 12.3 Å². The number of fused-ring (bicyclic) bond motifs is 1. The minimum atomic E-state index is -4.54. The van der Waals surface area contributed by atoms with Crippen molar-refractivity contribution in [3.8, 4) is 0 Å². The maximum Gasteiger partial charge on any atom is 0.418 e. The lowest BCUT2D eigenvalue weighted by Gasteiger charge is -2.23. The molecule has 2 heterocycles. The summed E-state index contributed by atoms with van der Waals surface area (Å²) >= 11 is 0. The Labute approximate surface area is 159 Å². The summed E-state index contributed by atoms with van der Waals surface area (Å²) in [6, 6.07) is 4.49. The molecule has 0 saturated carbocycles. The molecule has 1 aliphatic heterocycles. The van der Waals surface area contributed by atoms with Gasteiger partial charge in [-0.1, -0.05) is 0 Å². The quantitative estimate of drug-likeness (QED) is 0.765. The first-order valence-corrected chi connectivity index (χ1v) is 8.79. The van der Waals surface area contributed by atoms with E-state index in [-0.39, 0.29) is 24.0 Å². The van der Waals surface area contributed by atoms with Crippen molar-refractivity contribution in [2.24, 2.45) is 0 Å². The summed E-state index contributed by atoms with van der Waals surface area (Å²) in [5.74, 6) is 0. The highest BCUT2D eigenvalue weighted by Crippen LogP contribution is 2.38. The number of carbonyl (C=O) groups excluding carboxylic acids is 1. The molecule has 152 valence electrons. The predicted molar refractivity (Wildman–Crippen MR) is 97.0 cm³/mol. The fraction of sp³-hybridized carbons (Fsp3) is 0.474. The Bertz CT molecular complexity index is 880. The molecule has 1 saturated heterocycles. The molecule has 5 nitrogen and oxygen atoms in total. The molecule has 0 radical (unpaired) electrons. The van der Waals surface area contributed by atoms with Gasteiger partial charge in [-0.15, -0.1) is 0 Å². The number of pyridine rings is 1. The van der Waals surface area contributed by atoms with Crippen molar-refractivity contribution in [1.82, 2.24) is 10.3 Å². The zero-order chi connectivity index (χ0) is 20.7. The van der Waals surface area contributed by atoms with Crippen molar-refractivity contribution in [3.05, 3.63) is 36.0 Å². The van der Waals surface area contributed by atoms with Gasteiger partial charge in [-0.05, 0) is 45.0 Å². The summed E-state index contributed by atoms with van der Waals surface area (Å²) in [5.41, 5.74) is -1.31. The number of amides is 1. The first kappa shape index (κ1) is 20.2. The summed E-state index contributed by atoms with van der Waals surface area (Å²) in [4.78, 5) is 17.4. The lowest BCUT2D eigenvalue weighted by atomic mass is 10.1. The Balaban J connectivity index is 1.85. The number of benzene rings is 1. The van der Waals surface area contributed by atoms with E-state index >= 15 is 0 Å². The normalized spacial score (nSPS) is 20.5. The molecule has 2 aromatic rings. The Morgan fingerprint density at radius 3 is 2.57 bits per heavy atom. The van der Waals surface area contributed by atoms with E-state index in [1.807, 2.05) is 0 Å². The summed E-state index contributed by atoms with van der Waals surface area (Å²) in [5, 5.41) is 2.78. The Kier molecular flexibility index (Phi) is 5.12. The van der Waals surface area contributed by atoms with Gasteiger partial charge in [-0.2, -0.15) is 13.2 Å². The second-order valence-electron chi connectivity index (χ2n) is 7.70. The smallest absolute Gasteiger partial charge is 0.418 e. The Morgan fingerprint density at radius 1 is 1.21 bits per heavy atom. The van der Waals surface area contributed by atoms with Crippen LogP contribution in [0.5, 0.6) is 0 Å². The number of alkyl halides is 4. The summed E-state index contributed by atoms with van der Waals surface area (Å²) < 4.78 is 59.4. The van der Waals surface area contributed by atoms with Crippen LogP contribution in [0.4, 0.5) is 28.0 Å². The topological polar surface area (TPSA) is 54.5 Å². The number of nitrogens with one attached hydrogen (secondary N) is 1. The number of ether oxygens (including phenoxy) is 1. The fourth-order valence-electron chi connectivity index (χ4n) is 3.22. The lowest BCUT2D eigenvalue weighted by Crippen LogP contribution is -2.44. The number of hydrogen-bond acceptors (Lipinski definition) is 4. The van der Waals surface area contributed by atoms with E-state index in [2.05, 4.69) is 10.3 Å². The highest BCUT2D eigenvalue weighted by molar-refractivity contribution is 5.94. The number of anilines is 1. The average Bonchev–Trinajstić information content (AvgIpc) is 2.91. The van der Waals surface area contributed by atoms with Crippen molar-refractivity contribution in [2.45, 2.75) is 44.8 Å². The van der Waals surface area contributed by atoms with Gasteiger partial charge in [-0.25, -0.2) is 9.18 Å². The molecule has 0 unspecified atom stereocenters. The van der Waals surface area contributed by atoms with E-state index < -0.39 is 35.6 Å². The Hall–Kier alpha value is -2.58. The molecule has 1 fully saturated rings. The number of rotatable bonds is 2. The predicted octanol–water partition coefficient (Wildman–Crippen LogP) is 4.31. The Morgan fingerprint density at radius 2 is 1.93 bits per heavy atom. The van der Waals surface area contributed by atoms with Crippen LogP contribution in [0.25, 0.3) is 10.9 Å². The third kappa shape index (κ3) is 4.28. The van der Waals surface area contributed by atoms with Crippen LogP contribution in [0.2, 0.25) is 0 Å². The van der Waals surface area contributed by atoms with Crippen LogP contribution in [0.15, 0.2) is 30.5 Å². The van der Waals surface area contributed by atoms with E-state index in [9.17, 15) is 22.4 Å². The number of hydrogen-bond donors (Lipinski definition) is 1. The van der Waals surface area contributed by atoms with E-state index in [1.165, 1.54) is 24.4 Å². The molecule has 1 aromatic carbocycles. The first-order chi connectivity index (χ1) is 13.0. The van der Waals surface area contributed by atoms with Crippen molar-refractivity contribution in [3.63, 3.8) is 0 Å². The van der Waals surface area contributed by atoms with E-state index in [0.717, 1.165) is 6.07 Å². The minimum absolute atomic E-state index is 0.0597. The van der Waals surface area contributed by atoms with Gasteiger partial charge in [0, 0.05) is 23.8 Å². The van der Waals surface area contributed by atoms with E-state index in [0.29, 0.717) is 5.69 Å². The SMILES string of the molecule is CC(C)(C)OC(=O)N[C@H]1CN(c2ccc(C(F)(F)F)c3ncccc23)C[C@H]1F. The van der Waals surface area contributed by atoms with Gasteiger partial charge in [-0.3, -0.25) is 4.98 Å². The first-order valence-electron chi connectivity index (χ1n) is 8.79. The minimum Gasteiger partial charge on any atom is -0.444 e. The highest BCUT2D eigenvalue weighted by atomic mass is 19.4. The number of carbonyl (C=O) groups is 1. The summed E-state index contributed by atoms with van der Waals surface area (Å²) in [6.07, 6.45) is -5.38. The highest BCUT2D eigenvalue weighted by Gasteiger charge is 2.38. The largest absolute Gasteiger partial charge is 0.444 e. The fourth-order valence-corrected chi connectivity index (χ4v) is 3.22. The number of halogens is 4. The van der Waals surface area contributed by atoms with E-state index in [4.69, 9.17) is 4.74 Å². The van der Waals surface area contributed by atoms with Crippen LogP contribution < -0.4 is 10.2 Å². The van der Waals surface area contributed by atoms with Crippen LogP contribution in [0, 0.1) is 0 Å².